The average molecular weight is 470 g/mol. The van der Waals surface area contributed by atoms with E-state index in [4.69, 9.17) is 23.2 Å². The van der Waals surface area contributed by atoms with E-state index < -0.39 is 17.4 Å². The lowest BCUT2D eigenvalue weighted by molar-refractivity contribution is 0.635. The number of anilines is 1. The van der Waals surface area contributed by atoms with Crippen LogP contribution in [0.1, 0.15) is 18.8 Å². The number of hydrogen-bond donors (Lipinski definition) is 2. The first kappa shape index (κ1) is 20.3. The molecule has 8 nitrogen and oxygen atoms in total. The predicted octanol–water partition coefficient (Wildman–Crippen LogP) is 4.67. The lowest BCUT2D eigenvalue weighted by Gasteiger charge is -2.21. The van der Waals surface area contributed by atoms with Crippen molar-refractivity contribution >= 4 is 51.1 Å². The molecule has 0 aliphatic rings. The monoisotopic (exact) mass is 469 g/mol. The van der Waals surface area contributed by atoms with Crippen molar-refractivity contribution in [2.45, 2.75) is 13.0 Å². The molecule has 0 bridgehead atoms. The molecule has 0 amide bonds. The summed E-state index contributed by atoms with van der Waals surface area (Å²) < 4.78 is 15.9. The van der Waals surface area contributed by atoms with Crippen LogP contribution in [0.15, 0.2) is 53.8 Å². The highest BCUT2D eigenvalue weighted by Gasteiger charge is 2.22. The third-order valence-corrected chi connectivity index (χ3v) is 5.82. The van der Waals surface area contributed by atoms with Crippen molar-refractivity contribution in [3.05, 3.63) is 81.1 Å². The van der Waals surface area contributed by atoms with E-state index in [1.54, 1.807) is 31.2 Å². The summed E-state index contributed by atoms with van der Waals surface area (Å²) in [4.78, 5) is 33.5. The Morgan fingerprint density at radius 3 is 2.78 bits per heavy atom. The molecule has 0 fully saturated rings. The maximum Gasteiger partial charge on any atom is 0.269 e. The number of fused-ring (bicyclic) bond motifs is 2. The maximum atomic E-state index is 14.6. The second kappa shape index (κ2) is 7.85. The molecule has 0 saturated carbocycles. The van der Waals surface area contributed by atoms with Gasteiger partial charge in [-0.3, -0.25) is 9.36 Å². The highest BCUT2D eigenvalue weighted by Crippen LogP contribution is 2.31. The molecule has 2 N–H and O–H groups in total. The number of halogens is 3. The van der Waals surface area contributed by atoms with Crippen LogP contribution in [0.3, 0.4) is 0 Å². The first-order chi connectivity index (χ1) is 15.5. The fourth-order valence-corrected chi connectivity index (χ4v) is 3.92. The number of nitrogens with zero attached hydrogens (tertiary/aromatic N) is 5. The van der Waals surface area contributed by atoms with Gasteiger partial charge in [0.25, 0.3) is 5.56 Å². The number of nitrogens with one attached hydrogen (secondary N) is 2. The summed E-state index contributed by atoms with van der Waals surface area (Å²) in [5.74, 6) is 0.0925. The fourth-order valence-electron chi connectivity index (χ4n) is 3.54. The standard InChI is InChI=1S/C21H14Cl2FN7O/c1-10(29-19-17-18(26-8-25-17)27-9-28-19)20-30-13-6-3-5-12(24)15(13)21(32)31(20)14-7-2-4-11(22)16(14)23/h2-10H,1H3,(H2,25,26,27,28,29)/t10-/m1/s1. The number of aromatic nitrogens is 6. The predicted molar refractivity (Wildman–Crippen MR) is 121 cm³/mol. The number of H-pyrrole nitrogens is 1. The summed E-state index contributed by atoms with van der Waals surface area (Å²) in [6.07, 6.45) is 2.89. The van der Waals surface area contributed by atoms with Gasteiger partial charge in [0.15, 0.2) is 11.5 Å². The molecule has 32 heavy (non-hydrogen) atoms. The van der Waals surface area contributed by atoms with E-state index >= 15 is 0 Å². The van der Waals surface area contributed by atoms with Gasteiger partial charge in [-0.05, 0) is 31.2 Å². The smallest absolute Gasteiger partial charge is 0.269 e. The molecular formula is C21H14Cl2FN7O. The molecule has 0 saturated heterocycles. The van der Waals surface area contributed by atoms with Crippen molar-refractivity contribution in [3.63, 3.8) is 0 Å². The number of imidazole rings is 1. The molecule has 0 radical (unpaired) electrons. The topological polar surface area (TPSA) is 101 Å². The summed E-state index contributed by atoms with van der Waals surface area (Å²) in [6.45, 7) is 1.80. The normalized spacial score (nSPS) is 12.4. The van der Waals surface area contributed by atoms with Crippen LogP contribution in [0.2, 0.25) is 10.0 Å². The van der Waals surface area contributed by atoms with Crippen LogP contribution in [0, 0.1) is 5.82 Å². The van der Waals surface area contributed by atoms with E-state index in [2.05, 4.69) is 30.2 Å². The summed E-state index contributed by atoms with van der Waals surface area (Å²) in [5.41, 5.74) is 0.997. The highest BCUT2D eigenvalue weighted by atomic mass is 35.5. The van der Waals surface area contributed by atoms with Gasteiger partial charge < -0.3 is 10.3 Å². The second-order valence-corrected chi connectivity index (χ2v) is 7.79. The van der Waals surface area contributed by atoms with E-state index in [9.17, 15) is 9.18 Å². The van der Waals surface area contributed by atoms with Crippen molar-refractivity contribution in [3.8, 4) is 5.69 Å². The quantitative estimate of drug-likeness (QED) is 0.396. The summed E-state index contributed by atoms with van der Waals surface area (Å²) in [7, 11) is 0. The first-order valence-corrected chi connectivity index (χ1v) is 10.3. The molecule has 0 unspecified atom stereocenters. The Bertz CT molecular complexity index is 1550. The largest absolute Gasteiger partial charge is 0.358 e. The molecule has 5 rings (SSSR count). The summed E-state index contributed by atoms with van der Waals surface area (Å²) in [5, 5.41) is 3.49. The minimum absolute atomic E-state index is 0.141. The molecule has 160 valence electrons. The van der Waals surface area contributed by atoms with Gasteiger partial charge in [0, 0.05) is 0 Å². The average Bonchev–Trinajstić information content (AvgIpc) is 3.26. The minimum atomic E-state index is -0.672. The lowest BCUT2D eigenvalue weighted by atomic mass is 10.2. The molecule has 11 heteroatoms. The Balaban J connectivity index is 1.75. The van der Waals surface area contributed by atoms with E-state index in [0.29, 0.717) is 28.5 Å². The van der Waals surface area contributed by atoms with Gasteiger partial charge in [0.05, 0.1) is 33.6 Å². The van der Waals surface area contributed by atoms with Gasteiger partial charge in [-0.25, -0.2) is 24.3 Å². The van der Waals surface area contributed by atoms with Crippen LogP contribution in [-0.2, 0) is 0 Å². The Hall–Kier alpha value is -3.56. The van der Waals surface area contributed by atoms with Gasteiger partial charge in [-0.15, -0.1) is 0 Å². The Morgan fingerprint density at radius 2 is 1.94 bits per heavy atom. The zero-order valence-electron chi connectivity index (χ0n) is 16.5. The van der Waals surface area contributed by atoms with Crippen LogP contribution >= 0.6 is 23.2 Å². The van der Waals surface area contributed by atoms with E-state index in [-0.39, 0.29) is 20.9 Å². The van der Waals surface area contributed by atoms with Gasteiger partial charge in [-0.2, -0.15) is 0 Å². The Labute approximate surface area is 190 Å². The maximum absolute atomic E-state index is 14.6. The molecule has 2 aromatic carbocycles. The van der Waals surface area contributed by atoms with Crippen molar-refractivity contribution in [2.24, 2.45) is 0 Å². The van der Waals surface area contributed by atoms with Crippen molar-refractivity contribution < 1.29 is 4.39 Å². The number of hydrogen-bond acceptors (Lipinski definition) is 6. The highest BCUT2D eigenvalue weighted by molar-refractivity contribution is 6.43. The van der Waals surface area contributed by atoms with Crippen LogP contribution in [0.4, 0.5) is 10.2 Å². The molecule has 0 aliphatic carbocycles. The number of rotatable bonds is 4. The fraction of sp³-hybridized carbons (Fsp3) is 0.0952. The summed E-state index contributed by atoms with van der Waals surface area (Å²) >= 11 is 12.6. The number of aromatic amines is 1. The van der Waals surface area contributed by atoms with Gasteiger partial charge in [0.2, 0.25) is 0 Å². The lowest BCUT2D eigenvalue weighted by Crippen LogP contribution is -2.28. The van der Waals surface area contributed by atoms with Crippen LogP contribution < -0.4 is 10.9 Å². The van der Waals surface area contributed by atoms with Crippen molar-refractivity contribution in [1.82, 2.24) is 29.5 Å². The van der Waals surface area contributed by atoms with E-state index in [1.165, 1.54) is 29.4 Å². The first-order valence-electron chi connectivity index (χ1n) is 9.52. The minimum Gasteiger partial charge on any atom is -0.358 e. The van der Waals surface area contributed by atoms with Gasteiger partial charge in [0.1, 0.15) is 28.9 Å². The van der Waals surface area contributed by atoms with Crippen LogP contribution in [-0.4, -0.2) is 29.5 Å². The van der Waals surface area contributed by atoms with E-state index in [0.717, 1.165) is 0 Å². The Kier molecular flexibility index (Phi) is 4.99. The molecule has 1 atom stereocenters. The molecule has 5 aromatic rings. The second-order valence-electron chi connectivity index (χ2n) is 7.01. The number of benzene rings is 2. The van der Waals surface area contributed by atoms with Crippen LogP contribution in [0.5, 0.6) is 0 Å². The molecule has 0 aliphatic heterocycles. The molecule has 0 spiro atoms. The zero-order valence-corrected chi connectivity index (χ0v) is 18.0. The third-order valence-electron chi connectivity index (χ3n) is 5.01. The van der Waals surface area contributed by atoms with Crippen LogP contribution in [0.25, 0.3) is 27.8 Å². The molecule has 3 aromatic heterocycles. The van der Waals surface area contributed by atoms with Gasteiger partial charge >= 0.3 is 0 Å². The molecule has 3 heterocycles. The van der Waals surface area contributed by atoms with Gasteiger partial charge in [-0.1, -0.05) is 35.3 Å². The zero-order chi connectivity index (χ0) is 22.4. The van der Waals surface area contributed by atoms with Crippen molar-refractivity contribution in [1.29, 1.82) is 0 Å². The Morgan fingerprint density at radius 1 is 1.12 bits per heavy atom. The SMILES string of the molecule is C[C@@H](Nc1ncnc2nc[nH]c12)c1nc2cccc(F)c2c(=O)n1-c1cccc(Cl)c1Cl. The van der Waals surface area contributed by atoms with Crippen molar-refractivity contribution in [2.75, 3.05) is 5.32 Å². The molecular weight excluding hydrogens is 456 g/mol. The summed E-state index contributed by atoms with van der Waals surface area (Å²) in [6, 6.07) is 8.63. The third kappa shape index (κ3) is 3.26. The van der Waals surface area contributed by atoms with E-state index in [1.807, 2.05) is 0 Å².